The standard InChI is InChI=1S/C11H9N2O4/c1-7-12-10(11(14)17-7)6-8-3-2-4-9(5-8)13(15)16/h2-6,15H,1H3/q-1/b10-6+. The number of ether oxygens (including phenoxy) is 1. The van der Waals surface area contributed by atoms with E-state index < -0.39 is 5.97 Å². The van der Waals surface area contributed by atoms with Crippen LogP contribution in [0.15, 0.2) is 35.0 Å². The van der Waals surface area contributed by atoms with Gasteiger partial charge in [0.05, 0.1) is 5.69 Å². The first-order valence-electron chi connectivity index (χ1n) is 4.81. The van der Waals surface area contributed by atoms with E-state index in [9.17, 15) is 10.0 Å². The van der Waals surface area contributed by atoms with E-state index in [0.717, 1.165) is 0 Å². The van der Waals surface area contributed by atoms with Crippen LogP contribution in [0.1, 0.15) is 12.5 Å². The van der Waals surface area contributed by atoms with E-state index in [-0.39, 0.29) is 22.5 Å². The van der Waals surface area contributed by atoms with E-state index in [1.165, 1.54) is 18.2 Å². The number of nitrogens with zero attached hydrogens (tertiary/aromatic N) is 2. The van der Waals surface area contributed by atoms with Crippen molar-refractivity contribution >= 4 is 23.6 Å². The molecule has 0 spiro atoms. The molecule has 6 heteroatoms. The quantitative estimate of drug-likeness (QED) is 0.477. The number of anilines is 1. The number of hydrogen-bond acceptors (Lipinski definition) is 6. The van der Waals surface area contributed by atoms with Crippen LogP contribution in [-0.4, -0.2) is 17.1 Å². The Morgan fingerprint density at radius 3 is 2.88 bits per heavy atom. The van der Waals surface area contributed by atoms with Crippen LogP contribution in [0.25, 0.3) is 6.08 Å². The molecule has 2 rings (SSSR count). The number of hydrogen-bond donors (Lipinski definition) is 1. The van der Waals surface area contributed by atoms with Gasteiger partial charge in [0.1, 0.15) is 0 Å². The number of cyclic esters (lactones) is 1. The Morgan fingerprint density at radius 2 is 2.29 bits per heavy atom. The van der Waals surface area contributed by atoms with Crippen molar-refractivity contribution in [3.63, 3.8) is 0 Å². The third-order valence-electron chi connectivity index (χ3n) is 2.12. The first kappa shape index (κ1) is 11.3. The van der Waals surface area contributed by atoms with Gasteiger partial charge in [-0.3, -0.25) is 5.21 Å². The number of carbonyl (C=O) groups is 1. The molecule has 0 atom stereocenters. The van der Waals surface area contributed by atoms with Crippen LogP contribution in [0, 0.1) is 5.21 Å². The van der Waals surface area contributed by atoms with Gasteiger partial charge in [0.25, 0.3) is 0 Å². The van der Waals surface area contributed by atoms with Crippen molar-refractivity contribution in [1.82, 2.24) is 0 Å². The van der Waals surface area contributed by atoms with Gasteiger partial charge in [-0.1, -0.05) is 12.1 Å². The van der Waals surface area contributed by atoms with E-state index >= 15 is 0 Å². The summed E-state index contributed by atoms with van der Waals surface area (Å²) in [6, 6.07) is 6.13. The molecule has 1 heterocycles. The van der Waals surface area contributed by atoms with E-state index in [1.807, 2.05) is 0 Å². The molecule has 1 N–H and O–H groups in total. The first-order chi connectivity index (χ1) is 8.06. The van der Waals surface area contributed by atoms with Gasteiger partial charge in [-0.25, -0.2) is 9.79 Å². The first-order valence-corrected chi connectivity index (χ1v) is 4.81. The Hall–Kier alpha value is -2.18. The molecule has 1 aromatic rings. The Kier molecular flexibility index (Phi) is 2.90. The number of benzene rings is 1. The van der Waals surface area contributed by atoms with Crippen LogP contribution in [0.5, 0.6) is 0 Å². The van der Waals surface area contributed by atoms with Gasteiger partial charge in [-0.05, 0) is 23.8 Å². The Bertz CT molecular complexity index is 520. The highest BCUT2D eigenvalue weighted by Crippen LogP contribution is 2.19. The maximum atomic E-state index is 11.3. The van der Waals surface area contributed by atoms with Gasteiger partial charge >= 0.3 is 5.97 Å². The Morgan fingerprint density at radius 1 is 1.53 bits per heavy atom. The third-order valence-corrected chi connectivity index (χ3v) is 2.12. The molecule has 1 aliphatic heterocycles. The molecular weight excluding hydrogens is 224 g/mol. The monoisotopic (exact) mass is 233 g/mol. The lowest BCUT2D eigenvalue weighted by atomic mass is 10.1. The van der Waals surface area contributed by atoms with Crippen LogP contribution in [0.4, 0.5) is 5.69 Å². The lowest BCUT2D eigenvalue weighted by molar-refractivity contribution is -0.130. The van der Waals surface area contributed by atoms with Crippen LogP contribution >= 0.6 is 0 Å². The molecule has 0 bridgehead atoms. The second-order valence-electron chi connectivity index (χ2n) is 3.42. The molecule has 0 unspecified atom stereocenters. The summed E-state index contributed by atoms with van der Waals surface area (Å²) in [6.45, 7) is 1.57. The fourth-order valence-electron chi connectivity index (χ4n) is 1.41. The van der Waals surface area contributed by atoms with Gasteiger partial charge < -0.3 is 15.2 Å². The van der Waals surface area contributed by atoms with Crippen LogP contribution in [0.2, 0.25) is 0 Å². The summed E-state index contributed by atoms with van der Waals surface area (Å²) in [5, 5.41) is 19.2. The van der Waals surface area contributed by atoms with Gasteiger partial charge in [0, 0.05) is 6.92 Å². The number of carbonyl (C=O) groups excluding carboxylic acids is 1. The predicted molar refractivity (Wildman–Crippen MR) is 61.3 cm³/mol. The minimum Gasteiger partial charge on any atom is -0.733 e. The average Bonchev–Trinajstić information content (AvgIpc) is 2.58. The molecule has 17 heavy (non-hydrogen) atoms. The molecule has 0 fully saturated rings. The van der Waals surface area contributed by atoms with Crippen molar-refractivity contribution in [2.24, 2.45) is 4.99 Å². The molecule has 0 amide bonds. The zero-order valence-corrected chi connectivity index (χ0v) is 8.95. The zero-order chi connectivity index (χ0) is 12.4. The molecule has 1 aromatic carbocycles. The molecule has 88 valence electrons. The number of aliphatic imine (C=N–C) groups is 1. The van der Waals surface area contributed by atoms with E-state index in [4.69, 9.17) is 9.94 Å². The lowest BCUT2D eigenvalue weighted by Gasteiger charge is -2.21. The Balaban J connectivity index is 2.33. The predicted octanol–water partition coefficient (Wildman–Crippen LogP) is 1.70. The second-order valence-corrected chi connectivity index (χ2v) is 3.42. The highest BCUT2D eigenvalue weighted by atomic mass is 16.8. The summed E-state index contributed by atoms with van der Waals surface area (Å²) in [5.74, 6) is -0.249. The normalized spacial score (nSPS) is 17.0. The van der Waals surface area contributed by atoms with Crippen LogP contribution in [-0.2, 0) is 9.53 Å². The van der Waals surface area contributed by atoms with Crippen molar-refractivity contribution in [2.75, 3.05) is 5.23 Å². The minimum atomic E-state index is -0.532. The summed E-state index contributed by atoms with van der Waals surface area (Å²) in [7, 11) is 0. The zero-order valence-electron chi connectivity index (χ0n) is 8.95. The lowest BCUT2D eigenvalue weighted by Crippen LogP contribution is -2.06. The van der Waals surface area contributed by atoms with Crippen LogP contribution in [0.3, 0.4) is 0 Å². The molecule has 0 radical (unpaired) electrons. The minimum absolute atomic E-state index is 0.0754. The van der Waals surface area contributed by atoms with Gasteiger partial charge in [-0.15, -0.1) is 0 Å². The second kappa shape index (κ2) is 4.36. The summed E-state index contributed by atoms with van der Waals surface area (Å²) < 4.78 is 4.74. The molecule has 0 saturated heterocycles. The molecule has 6 nitrogen and oxygen atoms in total. The van der Waals surface area contributed by atoms with E-state index in [1.54, 1.807) is 19.1 Å². The van der Waals surface area contributed by atoms with Crippen molar-refractivity contribution < 1.29 is 14.7 Å². The third kappa shape index (κ3) is 2.49. The van der Waals surface area contributed by atoms with Crippen LogP contribution < -0.4 is 5.23 Å². The molecule has 0 aliphatic carbocycles. The molecule has 0 saturated carbocycles. The topological polar surface area (TPSA) is 85.2 Å². The van der Waals surface area contributed by atoms with Crippen molar-refractivity contribution in [3.8, 4) is 0 Å². The smallest absolute Gasteiger partial charge is 0.363 e. The maximum absolute atomic E-state index is 11.3. The van der Waals surface area contributed by atoms with Gasteiger partial charge in [0.15, 0.2) is 11.6 Å². The number of esters is 1. The average molecular weight is 233 g/mol. The van der Waals surface area contributed by atoms with E-state index in [2.05, 4.69) is 4.99 Å². The number of rotatable bonds is 2. The fourth-order valence-corrected chi connectivity index (χ4v) is 1.41. The summed E-state index contributed by atoms with van der Waals surface area (Å²) in [5.41, 5.74) is 0.809. The largest absolute Gasteiger partial charge is 0.733 e. The highest BCUT2D eigenvalue weighted by molar-refractivity contribution is 6.06. The van der Waals surface area contributed by atoms with E-state index in [0.29, 0.717) is 5.56 Å². The molecular formula is C11H9N2O4-. The molecule has 1 aliphatic rings. The van der Waals surface area contributed by atoms with Gasteiger partial charge in [-0.2, -0.15) is 0 Å². The Labute approximate surface area is 97.0 Å². The summed E-state index contributed by atoms with van der Waals surface area (Å²) in [4.78, 5) is 15.2. The summed E-state index contributed by atoms with van der Waals surface area (Å²) >= 11 is 0. The maximum Gasteiger partial charge on any atom is 0.363 e. The molecule has 0 aromatic heterocycles. The summed E-state index contributed by atoms with van der Waals surface area (Å²) in [6.07, 6.45) is 1.48. The van der Waals surface area contributed by atoms with Gasteiger partial charge in [0.2, 0.25) is 0 Å². The van der Waals surface area contributed by atoms with Crippen molar-refractivity contribution in [1.29, 1.82) is 0 Å². The fraction of sp³-hybridized carbons (Fsp3) is 0.0909. The van der Waals surface area contributed by atoms with Crippen molar-refractivity contribution in [2.45, 2.75) is 6.92 Å². The highest BCUT2D eigenvalue weighted by Gasteiger charge is 2.19. The SMILES string of the molecule is CC1=N/C(=C/c2cccc(N([O-])O)c2)C(=O)O1. The van der Waals surface area contributed by atoms with Crippen molar-refractivity contribution in [3.05, 3.63) is 40.7 Å².